The number of nitrogens with one attached hydrogen (secondary N) is 2. The zero-order valence-corrected chi connectivity index (χ0v) is 15.2. The van der Waals surface area contributed by atoms with Crippen LogP contribution < -0.4 is 10.6 Å². The van der Waals surface area contributed by atoms with E-state index in [0.717, 1.165) is 5.39 Å². The first-order valence-corrected chi connectivity index (χ1v) is 8.55. The van der Waals surface area contributed by atoms with Crippen LogP contribution in [0.4, 0.5) is 5.82 Å². The Labute approximate surface area is 159 Å². The van der Waals surface area contributed by atoms with Gasteiger partial charge < -0.3 is 10.6 Å². The minimum Gasteiger partial charge on any atom is -0.367 e. The molecule has 8 heteroatoms. The number of carbonyl (C=O) groups is 1. The third-order valence-electron chi connectivity index (χ3n) is 3.43. The van der Waals surface area contributed by atoms with E-state index in [1.807, 2.05) is 6.07 Å². The van der Waals surface area contributed by atoms with Gasteiger partial charge >= 0.3 is 0 Å². The molecule has 1 aromatic carbocycles. The van der Waals surface area contributed by atoms with Gasteiger partial charge in [-0.15, -0.1) is 0 Å². The van der Waals surface area contributed by atoms with Gasteiger partial charge in [-0.25, -0.2) is 4.98 Å². The summed E-state index contributed by atoms with van der Waals surface area (Å²) >= 11 is 17.9. The van der Waals surface area contributed by atoms with Gasteiger partial charge in [-0.1, -0.05) is 40.9 Å². The highest BCUT2D eigenvalue weighted by atomic mass is 35.5. The minimum atomic E-state index is -0.247. The maximum Gasteiger partial charge on any atom is 0.253 e. The van der Waals surface area contributed by atoms with E-state index in [9.17, 15) is 4.79 Å². The standard InChI is InChI=1S/C17H13Cl3N4O/c18-11-6-10-2-1-3-21-15(10)13(7-11)17(25)23-5-4-22-16-14(20)8-12(19)9-24-16/h1-3,6-9H,4-5H2,(H,22,24)(H,23,25). The topological polar surface area (TPSA) is 66.9 Å². The molecule has 128 valence electrons. The highest BCUT2D eigenvalue weighted by Gasteiger charge is 2.12. The van der Waals surface area contributed by atoms with E-state index < -0.39 is 0 Å². The van der Waals surface area contributed by atoms with Crippen molar-refractivity contribution >= 4 is 57.4 Å². The van der Waals surface area contributed by atoms with Crippen LogP contribution >= 0.6 is 34.8 Å². The average Bonchev–Trinajstić information content (AvgIpc) is 2.59. The van der Waals surface area contributed by atoms with Gasteiger partial charge in [0.1, 0.15) is 5.82 Å². The normalized spacial score (nSPS) is 10.7. The molecular weight excluding hydrogens is 383 g/mol. The Morgan fingerprint density at radius 2 is 1.88 bits per heavy atom. The molecule has 3 aromatic rings. The first kappa shape index (κ1) is 17.7. The Morgan fingerprint density at radius 1 is 1.04 bits per heavy atom. The summed E-state index contributed by atoms with van der Waals surface area (Å²) in [6.45, 7) is 0.826. The molecule has 5 nitrogen and oxygen atoms in total. The molecule has 0 unspecified atom stereocenters. The van der Waals surface area contributed by atoms with Crippen molar-refractivity contribution in [1.82, 2.24) is 15.3 Å². The molecule has 0 aliphatic rings. The number of benzene rings is 1. The van der Waals surface area contributed by atoms with E-state index in [0.29, 0.717) is 45.1 Å². The number of amides is 1. The number of fused-ring (bicyclic) bond motifs is 1. The van der Waals surface area contributed by atoms with Gasteiger partial charge in [0.15, 0.2) is 0 Å². The van der Waals surface area contributed by atoms with Crippen LogP contribution in [0.5, 0.6) is 0 Å². The second-order valence-corrected chi connectivity index (χ2v) is 6.48. The van der Waals surface area contributed by atoms with Crippen LogP contribution in [-0.2, 0) is 0 Å². The lowest BCUT2D eigenvalue weighted by atomic mass is 10.1. The van der Waals surface area contributed by atoms with Crippen molar-refractivity contribution in [2.75, 3.05) is 18.4 Å². The third-order valence-corrected chi connectivity index (χ3v) is 4.14. The van der Waals surface area contributed by atoms with E-state index in [1.54, 1.807) is 30.5 Å². The number of halogens is 3. The lowest BCUT2D eigenvalue weighted by molar-refractivity contribution is 0.0956. The SMILES string of the molecule is O=C(NCCNc1ncc(Cl)cc1Cl)c1cc(Cl)cc2cccnc12. The zero-order valence-electron chi connectivity index (χ0n) is 12.9. The molecule has 0 saturated heterocycles. The molecule has 1 amide bonds. The van der Waals surface area contributed by atoms with Crippen molar-refractivity contribution in [2.45, 2.75) is 0 Å². The highest BCUT2D eigenvalue weighted by Crippen LogP contribution is 2.23. The first-order valence-electron chi connectivity index (χ1n) is 7.42. The van der Waals surface area contributed by atoms with Gasteiger partial charge in [-0.2, -0.15) is 0 Å². The van der Waals surface area contributed by atoms with Gasteiger partial charge in [0.05, 0.1) is 21.1 Å². The number of pyridine rings is 2. The Kier molecular flexibility index (Phi) is 5.58. The predicted molar refractivity (Wildman–Crippen MR) is 102 cm³/mol. The third kappa shape index (κ3) is 4.31. The molecule has 0 aliphatic heterocycles. The number of aromatic nitrogens is 2. The van der Waals surface area contributed by atoms with Crippen LogP contribution in [0, 0.1) is 0 Å². The van der Waals surface area contributed by atoms with Crippen molar-refractivity contribution in [2.24, 2.45) is 0 Å². The molecule has 25 heavy (non-hydrogen) atoms. The smallest absolute Gasteiger partial charge is 0.253 e. The fourth-order valence-electron chi connectivity index (χ4n) is 2.33. The highest BCUT2D eigenvalue weighted by molar-refractivity contribution is 6.36. The summed E-state index contributed by atoms with van der Waals surface area (Å²) in [6, 6.07) is 8.64. The summed E-state index contributed by atoms with van der Waals surface area (Å²) < 4.78 is 0. The Bertz CT molecular complexity index is 933. The quantitative estimate of drug-likeness (QED) is 0.627. The second-order valence-electron chi connectivity index (χ2n) is 5.20. The van der Waals surface area contributed by atoms with Crippen LogP contribution in [0.3, 0.4) is 0 Å². The molecule has 0 spiro atoms. The zero-order chi connectivity index (χ0) is 17.8. The average molecular weight is 396 g/mol. The Morgan fingerprint density at radius 3 is 2.68 bits per heavy atom. The number of anilines is 1. The molecule has 0 fully saturated rings. The van der Waals surface area contributed by atoms with Gasteiger partial charge in [-0.05, 0) is 24.3 Å². The van der Waals surface area contributed by atoms with E-state index in [4.69, 9.17) is 34.8 Å². The maximum absolute atomic E-state index is 12.4. The number of hydrogen-bond acceptors (Lipinski definition) is 4. The van der Waals surface area contributed by atoms with E-state index in [2.05, 4.69) is 20.6 Å². The van der Waals surface area contributed by atoms with Gasteiger partial charge in [-0.3, -0.25) is 9.78 Å². The predicted octanol–water partition coefficient (Wildman–Crippen LogP) is 4.43. The molecule has 0 aliphatic carbocycles. The summed E-state index contributed by atoms with van der Waals surface area (Å²) in [5.41, 5.74) is 1.05. The van der Waals surface area contributed by atoms with Crippen molar-refractivity contribution in [3.8, 4) is 0 Å². The molecule has 3 rings (SSSR count). The summed E-state index contributed by atoms with van der Waals surface area (Å²) in [5, 5.41) is 8.04. The van der Waals surface area contributed by atoms with E-state index in [-0.39, 0.29) is 5.91 Å². The summed E-state index contributed by atoms with van der Waals surface area (Å²) in [6.07, 6.45) is 3.14. The van der Waals surface area contributed by atoms with E-state index >= 15 is 0 Å². The molecule has 0 saturated carbocycles. The fourth-order valence-corrected chi connectivity index (χ4v) is 3.00. The van der Waals surface area contributed by atoms with Crippen molar-refractivity contribution in [1.29, 1.82) is 0 Å². The summed E-state index contributed by atoms with van der Waals surface area (Å²) in [4.78, 5) is 20.8. The molecule has 0 atom stereocenters. The molecular formula is C17H13Cl3N4O. The summed E-state index contributed by atoms with van der Waals surface area (Å²) in [7, 11) is 0. The van der Waals surface area contributed by atoms with Crippen LogP contribution in [0.15, 0.2) is 42.7 Å². The second kappa shape index (κ2) is 7.87. The lowest BCUT2D eigenvalue weighted by Gasteiger charge is -2.10. The first-order chi connectivity index (χ1) is 12.0. The van der Waals surface area contributed by atoms with Gasteiger partial charge in [0.2, 0.25) is 0 Å². The van der Waals surface area contributed by atoms with E-state index in [1.165, 1.54) is 6.20 Å². The maximum atomic E-state index is 12.4. The van der Waals surface area contributed by atoms with Gasteiger partial charge in [0, 0.05) is 35.9 Å². The van der Waals surface area contributed by atoms with Crippen LogP contribution in [0.2, 0.25) is 15.1 Å². The lowest BCUT2D eigenvalue weighted by Crippen LogP contribution is -2.29. The van der Waals surface area contributed by atoms with Crippen LogP contribution in [0.1, 0.15) is 10.4 Å². The number of nitrogens with zero attached hydrogens (tertiary/aromatic N) is 2. The van der Waals surface area contributed by atoms with Crippen LogP contribution in [0.25, 0.3) is 10.9 Å². The monoisotopic (exact) mass is 394 g/mol. The van der Waals surface area contributed by atoms with Crippen molar-refractivity contribution < 1.29 is 4.79 Å². The molecule has 0 radical (unpaired) electrons. The minimum absolute atomic E-state index is 0.247. The van der Waals surface area contributed by atoms with Crippen molar-refractivity contribution in [3.63, 3.8) is 0 Å². The fraction of sp³-hybridized carbons (Fsp3) is 0.118. The van der Waals surface area contributed by atoms with Crippen molar-refractivity contribution in [3.05, 3.63) is 63.4 Å². The molecule has 2 aromatic heterocycles. The largest absolute Gasteiger partial charge is 0.367 e. The Hall–Kier alpha value is -2.08. The summed E-state index contributed by atoms with van der Waals surface area (Å²) in [5.74, 6) is 0.262. The Balaban J connectivity index is 1.63. The van der Waals surface area contributed by atoms with Crippen LogP contribution in [-0.4, -0.2) is 29.0 Å². The van der Waals surface area contributed by atoms with Gasteiger partial charge in [0.25, 0.3) is 5.91 Å². The number of carbonyl (C=O) groups excluding carboxylic acids is 1. The number of rotatable bonds is 5. The molecule has 0 bridgehead atoms. The molecule has 2 heterocycles. The molecule has 2 N–H and O–H groups in total. The number of hydrogen-bond donors (Lipinski definition) is 2.